The topological polar surface area (TPSA) is 88.1 Å². The average molecular weight is 302 g/mol. The van der Waals surface area contributed by atoms with Gasteiger partial charge in [-0.3, -0.25) is 4.79 Å². The van der Waals surface area contributed by atoms with Crippen LogP contribution < -0.4 is 5.32 Å². The Hall–Kier alpha value is -1.34. The monoisotopic (exact) mass is 302 g/mol. The number of aliphatic carboxylic acids is 1. The minimum atomic E-state index is -0.938. The molecule has 1 aliphatic rings. The van der Waals surface area contributed by atoms with Gasteiger partial charge in [0.05, 0.1) is 31.9 Å². The van der Waals surface area contributed by atoms with Gasteiger partial charge in [-0.25, -0.2) is 4.79 Å². The highest BCUT2D eigenvalue weighted by molar-refractivity contribution is 5.77. The number of likely N-dealkylation sites (N-methyl/N-ethyl adjacent to an activating group) is 1. The van der Waals surface area contributed by atoms with Crippen molar-refractivity contribution in [1.29, 1.82) is 0 Å². The molecule has 0 spiro atoms. The summed E-state index contributed by atoms with van der Waals surface area (Å²) in [6.07, 6.45) is 0. The van der Waals surface area contributed by atoms with Crippen molar-refractivity contribution >= 4 is 12.0 Å². The van der Waals surface area contributed by atoms with Crippen molar-refractivity contribution in [1.82, 2.24) is 10.2 Å². The Balaban J connectivity index is 2.62. The van der Waals surface area contributed by atoms with Gasteiger partial charge in [-0.15, -0.1) is 0 Å². The van der Waals surface area contributed by atoms with E-state index in [9.17, 15) is 9.59 Å². The second-order valence-corrected chi connectivity index (χ2v) is 5.62. The third-order valence-corrected chi connectivity index (χ3v) is 3.80. The van der Waals surface area contributed by atoms with E-state index in [0.717, 1.165) is 0 Å². The van der Waals surface area contributed by atoms with Crippen molar-refractivity contribution in [3.8, 4) is 0 Å². The molecule has 1 fully saturated rings. The number of carbonyl (C=O) groups excluding carboxylic acids is 1. The molecule has 7 heteroatoms. The molecular weight excluding hydrogens is 276 g/mol. The van der Waals surface area contributed by atoms with Gasteiger partial charge in [-0.2, -0.15) is 0 Å². The number of carboxylic acids is 1. The lowest BCUT2D eigenvalue weighted by molar-refractivity contribution is -0.142. The van der Waals surface area contributed by atoms with Gasteiger partial charge in [0.1, 0.15) is 5.92 Å². The summed E-state index contributed by atoms with van der Waals surface area (Å²) in [6.45, 7) is 7.33. The van der Waals surface area contributed by atoms with E-state index in [4.69, 9.17) is 14.6 Å². The number of amides is 2. The van der Waals surface area contributed by atoms with E-state index in [2.05, 4.69) is 5.32 Å². The first-order valence-electron chi connectivity index (χ1n) is 7.30. The summed E-state index contributed by atoms with van der Waals surface area (Å²) in [4.78, 5) is 24.9. The first-order chi connectivity index (χ1) is 9.88. The number of ether oxygens (including phenoxy) is 2. The summed E-state index contributed by atoms with van der Waals surface area (Å²) in [5.74, 6) is -1.39. The van der Waals surface area contributed by atoms with Crippen LogP contribution in [0.4, 0.5) is 4.79 Å². The van der Waals surface area contributed by atoms with E-state index in [1.165, 1.54) is 4.90 Å². The lowest BCUT2D eigenvalue weighted by Gasteiger charge is -2.30. The van der Waals surface area contributed by atoms with Crippen molar-refractivity contribution in [2.45, 2.75) is 32.9 Å². The lowest BCUT2D eigenvalue weighted by Crippen LogP contribution is -2.52. The molecular formula is C14H26N2O5. The quantitative estimate of drug-likeness (QED) is 0.726. The molecule has 1 rings (SSSR count). The maximum absolute atomic E-state index is 12.3. The highest BCUT2D eigenvalue weighted by atomic mass is 16.5. The van der Waals surface area contributed by atoms with Crippen LogP contribution in [0.3, 0.4) is 0 Å². The van der Waals surface area contributed by atoms with Gasteiger partial charge in [-0.05, 0) is 12.8 Å². The van der Waals surface area contributed by atoms with Crippen molar-refractivity contribution in [3.63, 3.8) is 0 Å². The number of carboxylic acid groups (broad SMARTS) is 1. The lowest BCUT2D eigenvalue weighted by atomic mass is 10.0. The van der Waals surface area contributed by atoms with Crippen LogP contribution in [0.1, 0.15) is 20.8 Å². The molecule has 1 heterocycles. The predicted molar refractivity (Wildman–Crippen MR) is 77.1 cm³/mol. The maximum Gasteiger partial charge on any atom is 0.317 e. The van der Waals surface area contributed by atoms with Gasteiger partial charge in [0.2, 0.25) is 0 Å². The van der Waals surface area contributed by atoms with Crippen molar-refractivity contribution < 1.29 is 24.2 Å². The van der Waals surface area contributed by atoms with Gasteiger partial charge in [-0.1, -0.05) is 13.8 Å². The third-order valence-electron chi connectivity index (χ3n) is 3.80. The standard InChI is InChI=1S/C14H26N2O5/c1-5-20-7-11(9(2)3)15-14(19)16(4)12-8-21-6-10(12)13(17)18/h9-12H,5-8H2,1-4H3,(H,15,19)(H,17,18). The molecule has 1 aliphatic heterocycles. The van der Waals surface area contributed by atoms with Crippen LogP contribution in [-0.4, -0.2) is 67.6 Å². The molecule has 0 bridgehead atoms. The molecule has 0 aromatic carbocycles. The summed E-state index contributed by atoms with van der Waals surface area (Å²) in [5, 5.41) is 12.0. The average Bonchev–Trinajstić information content (AvgIpc) is 2.91. The van der Waals surface area contributed by atoms with Crippen LogP contribution in [0.25, 0.3) is 0 Å². The van der Waals surface area contributed by atoms with Gasteiger partial charge in [0.25, 0.3) is 0 Å². The molecule has 0 radical (unpaired) electrons. The van der Waals surface area contributed by atoms with E-state index in [1.54, 1.807) is 7.05 Å². The molecule has 2 N–H and O–H groups in total. The Kier molecular flexibility index (Phi) is 6.91. The van der Waals surface area contributed by atoms with Crippen LogP contribution in [0.15, 0.2) is 0 Å². The molecule has 0 aromatic rings. The molecule has 7 nitrogen and oxygen atoms in total. The van der Waals surface area contributed by atoms with Gasteiger partial charge in [0.15, 0.2) is 0 Å². The SMILES string of the molecule is CCOCC(NC(=O)N(C)C1COCC1C(=O)O)C(C)C. The third kappa shape index (κ3) is 4.86. The van der Waals surface area contributed by atoms with Crippen LogP contribution in [0, 0.1) is 11.8 Å². The van der Waals surface area contributed by atoms with Gasteiger partial charge in [0, 0.05) is 13.7 Å². The van der Waals surface area contributed by atoms with E-state index >= 15 is 0 Å². The highest BCUT2D eigenvalue weighted by Crippen LogP contribution is 2.19. The first kappa shape index (κ1) is 17.7. The van der Waals surface area contributed by atoms with Gasteiger partial charge < -0.3 is 24.8 Å². The molecule has 0 saturated carbocycles. The number of hydrogen-bond acceptors (Lipinski definition) is 4. The minimum Gasteiger partial charge on any atom is -0.481 e. The predicted octanol–water partition coefficient (Wildman–Crippen LogP) is 0.789. The molecule has 21 heavy (non-hydrogen) atoms. The zero-order valence-corrected chi connectivity index (χ0v) is 13.2. The van der Waals surface area contributed by atoms with E-state index < -0.39 is 17.9 Å². The number of hydrogen-bond donors (Lipinski definition) is 2. The molecule has 122 valence electrons. The summed E-state index contributed by atoms with van der Waals surface area (Å²) in [7, 11) is 1.60. The molecule has 3 atom stereocenters. The van der Waals surface area contributed by atoms with E-state index in [0.29, 0.717) is 13.2 Å². The summed E-state index contributed by atoms with van der Waals surface area (Å²) in [5.41, 5.74) is 0. The van der Waals surface area contributed by atoms with Gasteiger partial charge >= 0.3 is 12.0 Å². The number of carbonyl (C=O) groups is 2. The first-order valence-corrected chi connectivity index (χ1v) is 7.30. The van der Waals surface area contributed by atoms with Crippen LogP contribution in [0.5, 0.6) is 0 Å². The highest BCUT2D eigenvalue weighted by Gasteiger charge is 2.38. The summed E-state index contributed by atoms with van der Waals surface area (Å²) in [6, 6.07) is -0.844. The number of nitrogens with one attached hydrogen (secondary N) is 1. The number of rotatable bonds is 7. The largest absolute Gasteiger partial charge is 0.481 e. The zero-order chi connectivity index (χ0) is 16.0. The summed E-state index contributed by atoms with van der Waals surface area (Å²) >= 11 is 0. The number of nitrogens with zero attached hydrogens (tertiary/aromatic N) is 1. The Morgan fingerprint density at radius 2 is 2.10 bits per heavy atom. The second kappa shape index (κ2) is 8.19. The van der Waals surface area contributed by atoms with E-state index in [1.807, 2.05) is 20.8 Å². The van der Waals surface area contributed by atoms with Crippen molar-refractivity contribution in [2.24, 2.45) is 11.8 Å². The van der Waals surface area contributed by atoms with Crippen LogP contribution >= 0.6 is 0 Å². The maximum atomic E-state index is 12.3. The summed E-state index contributed by atoms with van der Waals surface area (Å²) < 4.78 is 10.6. The smallest absolute Gasteiger partial charge is 0.317 e. The molecule has 3 unspecified atom stereocenters. The fraction of sp³-hybridized carbons (Fsp3) is 0.857. The zero-order valence-electron chi connectivity index (χ0n) is 13.2. The van der Waals surface area contributed by atoms with Crippen LogP contribution in [0.2, 0.25) is 0 Å². The van der Waals surface area contributed by atoms with E-state index in [-0.39, 0.29) is 31.2 Å². The normalized spacial score (nSPS) is 23.1. The molecule has 0 aliphatic carbocycles. The Labute approximate surface area is 125 Å². The van der Waals surface area contributed by atoms with Crippen molar-refractivity contribution in [3.05, 3.63) is 0 Å². The second-order valence-electron chi connectivity index (χ2n) is 5.62. The van der Waals surface area contributed by atoms with Crippen molar-refractivity contribution in [2.75, 3.05) is 33.5 Å². The fourth-order valence-electron chi connectivity index (χ4n) is 2.22. The van der Waals surface area contributed by atoms with Crippen LogP contribution in [-0.2, 0) is 14.3 Å². The Bertz CT molecular complexity index is 361. The molecule has 2 amide bonds. The fourth-order valence-corrected chi connectivity index (χ4v) is 2.22. The molecule has 1 saturated heterocycles. The number of urea groups is 1. The Morgan fingerprint density at radius 1 is 1.43 bits per heavy atom. The minimum absolute atomic E-state index is 0.106. The molecule has 0 aromatic heterocycles. The Morgan fingerprint density at radius 3 is 2.62 bits per heavy atom.